The lowest BCUT2D eigenvalue weighted by molar-refractivity contribution is 0.251. The Balaban J connectivity index is 1.64. The summed E-state index contributed by atoms with van der Waals surface area (Å²) < 4.78 is 5.45. The van der Waals surface area contributed by atoms with E-state index in [1.807, 2.05) is 6.07 Å². The van der Waals surface area contributed by atoms with Gasteiger partial charge in [0.05, 0.1) is 12.8 Å². The molecule has 0 aromatic carbocycles. The van der Waals surface area contributed by atoms with Gasteiger partial charge in [-0.05, 0) is 37.5 Å². The topological polar surface area (TPSA) is 28.4 Å². The quantitative estimate of drug-likeness (QED) is 0.789. The monoisotopic (exact) mass is 232 g/mol. The van der Waals surface area contributed by atoms with Crippen LogP contribution in [0.1, 0.15) is 25.5 Å². The molecule has 1 aromatic heterocycles. The van der Waals surface area contributed by atoms with E-state index in [1.165, 1.54) is 12.8 Å². The molecule has 0 spiro atoms. The second-order valence-corrected chi connectivity index (χ2v) is 5.20. The minimum atomic E-state index is 0.781. The van der Waals surface area contributed by atoms with Crippen LogP contribution in [0.2, 0.25) is 0 Å². The van der Waals surface area contributed by atoms with Gasteiger partial charge in [0.25, 0.3) is 0 Å². The first kappa shape index (κ1) is 11.1. The summed E-state index contributed by atoms with van der Waals surface area (Å²) >= 11 is 0. The van der Waals surface area contributed by atoms with Crippen LogP contribution in [0.5, 0.6) is 0 Å². The Morgan fingerprint density at radius 3 is 2.82 bits per heavy atom. The maximum Gasteiger partial charge on any atom is 0.117 e. The molecule has 0 radical (unpaired) electrons. The van der Waals surface area contributed by atoms with Gasteiger partial charge >= 0.3 is 0 Å². The van der Waals surface area contributed by atoms with Crippen molar-refractivity contribution in [3.05, 3.63) is 35.3 Å². The van der Waals surface area contributed by atoms with Crippen LogP contribution in [-0.2, 0) is 6.54 Å². The Labute approximate surface area is 102 Å². The largest absolute Gasteiger partial charge is 0.468 e. The van der Waals surface area contributed by atoms with Crippen molar-refractivity contribution >= 4 is 0 Å². The zero-order valence-electron chi connectivity index (χ0n) is 10.4. The molecular weight excluding hydrogens is 212 g/mol. The van der Waals surface area contributed by atoms with E-state index in [-0.39, 0.29) is 0 Å². The fourth-order valence-corrected chi connectivity index (χ4v) is 2.32. The highest BCUT2D eigenvalue weighted by Gasteiger charge is 2.30. The molecule has 92 valence electrons. The average Bonchev–Trinajstić information content (AvgIpc) is 2.95. The third-order valence-electron chi connectivity index (χ3n) is 3.72. The molecule has 0 amide bonds. The SMILES string of the molecule is CC(CN(Cc1ccco1)C1CC1)=C1CNC1. The lowest BCUT2D eigenvalue weighted by Gasteiger charge is -2.27. The zero-order valence-corrected chi connectivity index (χ0v) is 10.4. The Hall–Kier alpha value is -1.06. The lowest BCUT2D eigenvalue weighted by atomic mass is 10.0. The van der Waals surface area contributed by atoms with Gasteiger partial charge in [0.15, 0.2) is 0 Å². The summed E-state index contributed by atoms with van der Waals surface area (Å²) in [6.45, 7) is 6.50. The average molecular weight is 232 g/mol. The van der Waals surface area contributed by atoms with Crippen LogP contribution < -0.4 is 5.32 Å². The molecule has 1 saturated carbocycles. The van der Waals surface area contributed by atoms with E-state index in [0.29, 0.717) is 0 Å². The maximum atomic E-state index is 5.45. The smallest absolute Gasteiger partial charge is 0.117 e. The summed E-state index contributed by atoms with van der Waals surface area (Å²) in [5.74, 6) is 1.08. The van der Waals surface area contributed by atoms with Crippen LogP contribution in [0, 0.1) is 0 Å². The van der Waals surface area contributed by atoms with Crippen LogP contribution in [0.15, 0.2) is 34.0 Å². The molecule has 17 heavy (non-hydrogen) atoms. The van der Waals surface area contributed by atoms with Crippen molar-refractivity contribution in [1.29, 1.82) is 0 Å². The molecule has 2 aliphatic rings. The second-order valence-electron chi connectivity index (χ2n) is 5.20. The lowest BCUT2D eigenvalue weighted by Crippen LogP contribution is -2.37. The summed E-state index contributed by atoms with van der Waals surface area (Å²) in [6.07, 6.45) is 4.46. The molecular formula is C14H20N2O. The van der Waals surface area contributed by atoms with E-state index < -0.39 is 0 Å². The van der Waals surface area contributed by atoms with Gasteiger partial charge in [-0.1, -0.05) is 5.57 Å². The van der Waals surface area contributed by atoms with Crippen LogP contribution in [-0.4, -0.2) is 30.6 Å². The standard InChI is InChI=1S/C14H20N2O/c1-11(12-7-15-8-12)9-16(13-4-5-13)10-14-3-2-6-17-14/h2-3,6,13,15H,4-5,7-10H2,1H3. The minimum Gasteiger partial charge on any atom is -0.468 e. The normalized spacial score (nSPS) is 19.5. The fraction of sp³-hybridized carbons (Fsp3) is 0.571. The summed E-state index contributed by atoms with van der Waals surface area (Å²) in [6, 6.07) is 4.83. The van der Waals surface area contributed by atoms with Gasteiger partial charge in [-0.25, -0.2) is 0 Å². The van der Waals surface area contributed by atoms with Gasteiger partial charge in [0.1, 0.15) is 5.76 Å². The molecule has 2 fully saturated rings. The van der Waals surface area contributed by atoms with E-state index in [1.54, 1.807) is 17.4 Å². The van der Waals surface area contributed by atoms with E-state index in [4.69, 9.17) is 4.42 Å². The van der Waals surface area contributed by atoms with Crippen LogP contribution in [0.3, 0.4) is 0 Å². The zero-order chi connectivity index (χ0) is 11.7. The predicted octanol–water partition coefficient (Wildman–Crippen LogP) is 2.16. The molecule has 0 unspecified atom stereocenters. The molecule has 3 nitrogen and oxygen atoms in total. The van der Waals surface area contributed by atoms with E-state index in [2.05, 4.69) is 23.2 Å². The first-order valence-electron chi connectivity index (χ1n) is 6.47. The van der Waals surface area contributed by atoms with Crippen molar-refractivity contribution in [2.75, 3.05) is 19.6 Å². The molecule has 1 saturated heterocycles. The highest BCUT2D eigenvalue weighted by molar-refractivity contribution is 5.22. The molecule has 1 aromatic rings. The van der Waals surface area contributed by atoms with Crippen molar-refractivity contribution in [3.63, 3.8) is 0 Å². The number of hydrogen-bond donors (Lipinski definition) is 1. The highest BCUT2D eigenvalue weighted by atomic mass is 16.3. The highest BCUT2D eigenvalue weighted by Crippen LogP contribution is 2.29. The molecule has 2 heterocycles. The van der Waals surface area contributed by atoms with E-state index in [0.717, 1.165) is 38.0 Å². The molecule has 1 aliphatic carbocycles. The Morgan fingerprint density at radius 1 is 1.47 bits per heavy atom. The second kappa shape index (κ2) is 4.67. The predicted molar refractivity (Wildman–Crippen MR) is 67.7 cm³/mol. The van der Waals surface area contributed by atoms with Gasteiger partial charge in [-0.3, -0.25) is 4.90 Å². The van der Waals surface area contributed by atoms with Crippen molar-refractivity contribution in [2.45, 2.75) is 32.4 Å². The Kier molecular flexibility index (Phi) is 3.04. The van der Waals surface area contributed by atoms with E-state index in [9.17, 15) is 0 Å². The van der Waals surface area contributed by atoms with Crippen molar-refractivity contribution in [3.8, 4) is 0 Å². The van der Waals surface area contributed by atoms with Crippen LogP contribution in [0.25, 0.3) is 0 Å². The van der Waals surface area contributed by atoms with Crippen LogP contribution >= 0.6 is 0 Å². The summed E-state index contributed by atoms with van der Waals surface area (Å²) in [5.41, 5.74) is 3.14. The molecule has 1 N–H and O–H groups in total. The number of nitrogens with one attached hydrogen (secondary N) is 1. The first-order valence-corrected chi connectivity index (χ1v) is 6.47. The van der Waals surface area contributed by atoms with Crippen molar-refractivity contribution < 1.29 is 4.42 Å². The maximum absolute atomic E-state index is 5.45. The number of furan rings is 1. The molecule has 3 heteroatoms. The summed E-state index contributed by atoms with van der Waals surface area (Å²) in [4.78, 5) is 2.56. The van der Waals surface area contributed by atoms with Crippen LogP contribution in [0.4, 0.5) is 0 Å². The summed E-state index contributed by atoms with van der Waals surface area (Å²) in [5, 5.41) is 3.31. The number of hydrogen-bond acceptors (Lipinski definition) is 3. The van der Waals surface area contributed by atoms with Gasteiger partial charge in [0, 0.05) is 25.7 Å². The minimum absolute atomic E-state index is 0.781. The molecule has 1 aliphatic heterocycles. The first-order chi connectivity index (χ1) is 8.33. The summed E-state index contributed by atoms with van der Waals surface area (Å²) in [7, 11) is 0. The van der Waals surface area contributed by atoms with Gasteiger partial charge < -0.3 is 9.73 Å². The van der Waals surface area contributed by atoms with E-state index >= 15 is 0 Å². The Morgan fingerprint density at radius 2 is 2.29 bits per heavy atom. The van der Waals surface area contributed by atoms with Gasteiger partial charge in [-0.2, -0.15) is 0 Å². The van der Waals surface area contributed by atoms with Gasteiger partial charge in [-0.15, -0.1) is 0 Å². The molecule has 0 bridgehead atoms. The fourth-order valence-electron chi connectivity index (χ4n) is 2.32. The molecule has 0 atom stereocenters. The molecule has 3 rings (SSSR count). The third-order valence-corrected chi connectivity index (χ3v) is 3.72. The Bertz CT molecular complexity index is 398. The third kappa shape index (κ3) is 2.61. The van der Waals surface area contributed by atoms with Gasteiger partial charge in [0.2, 0.25) is 0 Å². The van der Waals surface area contributed by atoms with Crippen molar-refractivity contribution in [1.82, 2.24) is 10.2 Å². The number of rotatable bonds is 5. The number of nitrogens with zero attached hydrogens (tertiary/aromatic N) is 1. The van der Waals surface area contributed by atoms with Crippen molar-refractivity contribution in [2.24, 2.45) is 0 Å².